The Labute approximate surface area is 219 Å². The number of fused-ring (bicyclic) bond motifs is 1. The number of alkyl halides is 3. The minimum Gasteiger partial charge on any atom is -0.442 e. The van der Waals surface area contributed by atoms with Gasteiger partial charge in [-0.2, -0.15) is 18.3 Å². The molecule has 0 amide bonds. The van der Waals surface area contributed by atoms with E-state index in [1.54, 1.807) is 11.8 Å². The van der Waals surface area contributed by atoms with Gasteiger partial charge >= 0.3 is 6.18 Å². The lowest BCUT2D eigenvalue weighted by Crippen LogP contribution is -2.36. The number of oxazole rings is 1. The van der Waals surface area contributed by atoms with E-state index >= 15 is 0 Å². The molecule has 4 rings (SSSR count). The first-order valence-corrected chi connectivity index (χ1v) is 13.5. The standard InChI is InChI=1S/C26H33F4N5OS/c1-16(2)25(33-32-18(4)24-17(3)31-15-36-24)37-11-5-9-34-13-19-8-10-35(23(19)14-34)22-7-6-20(12-21(22)27)26(28,29)30/h6-7,12,15-16,19,23H,5,8-11,13-14H2,1-4H3/b32-18+,33-25+. The second kappa shape index (κ2) is 11.6. The highest BCUT2D eigenvalue weighted by Gasteiger charge is 2.42. The number of thioether (sulfide) groups is 1. The van der Waals surface area contributed by atoms with Crippen LogP contribution in [0.5, 0.6) is 0 Å². The lowest BCUT2D eigenvalue weighted by Gasteiger charge is -2.27. The molecular weight excluding hydrogens is 506 g/mol. The van der Waals surface area contributed by atoms with Crippen LogP contribution in [0, 0.1) is 24.6 Å². The minimum absolute atomic E-state index is 0.128. The summed E-state index contributed by atoms with van der Waals surface area (Å²) in [4.78, 5) is 8.42. The lowest BCUT2D eigenvalue weighted by molar-refractivity contribution is -0.137. The summed E-state index contributed by atoms with van der Waals surface area (Å²) in [6.45, 7) is 11.2. The van der Waals surface area contributed by atoms with Crippen LogP contribution in [0.25, 0.3) is 0 Å². The number of nitrogens with zero attached hydrogens (tertiary/aromatic N) is 5. The molecule has 0 N–H and O–H groups in total. The summed E-state index contributed by atoms with van der Waals surface area (Å²) in [6, 6.07) is 2.99. The van der Waals surface area contributed by atoms with Crippen molar-refractivity contribution >= 4 is 28.2 Å². The molecule has 37 heavy (non-hydrogen) atoms. The van der Waals surface area contributed by atoms with Gasteiger partial charge in [-0.3, -0.25) is 0 Å². The maximum Gasteiger partial charge on any atom is 0.416 e. The quantitative estimate of drug-likeness (QED) is 0.130. The number of benzene rings is 1. The normalized spacial score (nSPS) is 21.4. The Kier molecular flexibility index (Phi) is 8.63. The van der Waals surface area contributed by atoms with Gasteiger partial charge in [-0.1, -0.05) is 13.8 Å². The maximum atomic E-state index is 14.6. The summed E-state index contributed by atoms with van der Waals surface area (Å²) < 4.78 is 58.8. The van der Waals surface area contributed by atoms with Gasteiger partial charge in [-0.25, -0.2) is 9.37 Å². The molecule has 0 radical (unpaired) electrons. The van der Waals surface area contributed by atoms with Crippen LogP contribution in [0.4, 0.5) is 23.2 Å². The number of hydrogen-bond acceptors (Lipinski definition) is 7. The van der Waals surface area contributed by atoms with Gasteiger partial charge in [0.2, 0.25) is 0 Å². The zero-order chi connectivity index (χ0) is 26.7. The van der Waals surface area contributed by atoms with E-state index in [1.165, 1.54) is 12.5 Å². The van der Waals surface area contributed by atoms with E-state index < -0.39 is 17.6 Å². The molecule has 3 heterocycles. The van der Waals surface area contributed by atoms with Gasteiger partial charge in [0.15, 0.2) is 12.2 Å². The highest BCUT2D eigenvalue weighted by Crippen LogP contribution is 2.38. The lowest BCUT2D eigenvalue weighted by atomic mass is 10.0. The molecule has 11 heteroatoms. The van der Waals surface area contributed by atoms with Crippen LogP contribution in [0.3, 0.4) is 0 Å². The molecule has 2 atom stereocenters. The third-order valence-electron chi connectivity index (χ3n) is 6.94. The van der Waals surface area contributed by atoms with Gasteiger partial charge in [0.05, 0.1) is 22.0 Å². The second-order valence-electron chi connectivity index (χ2n) is 9.98. The van der Waals surface area contributed by atoms with Crippen molar-refractivity contribution in [1.29, 1.82) is 0 Å². The first kappa shape index (κ1) is 27.6. The first-order valence-electron chi connectivity index (χ1n) is 12.6. The monoisotopic (exact) mass is 539 g/mol. The molecule has 1 aromatic carbocycles. The van der Waals surface area contributed by atoms with Crippen LogP contribution in [-0.2, 0) is 6.18 Å². The molecule has 2 saturated heterocycles. The fourth-order valence-electron chi connectivity index (χ4n) is 5.04. The number of aromatic nitrogens is 1. The van der Waals surface area contributed by atoms with Crippen LogP contribution in [0.15, 0.2) is 39.2 Å². The van der Waals surface area contributed by atoms with Crippen molar-refractivity contribution in [3.63, 3.8) is 0 Å². The van der Waals surface area contributed by atoms with E-state index in [-0.39, 0.29) is 17.6 Å². The predicted molar refractivity (Wildman–Crippen MR) is 140 cm³/mol. The van der Waals surface area contributed by atoms with Gasteiger partial charge in [0.25, 0.3) is 0 Å². The van der Waals surface area contributed by atoms with Gasteiger partial charge < -0.3 is 14.2 Å². The molecule has 2 unspecified atom stereocenters. The molecule has 2 aliphatic heterocycles. The van der Waals surface area contributed by atoms with Crippen molar-refractivity contribution in [2.24, 2.45) is 22.0 Å². The summed E-state index contributed by atoms with van der Waals surface area (Å²) in [6.07, 6.45) is -1.26. The van der Waals surface area contributed by atoms with Gasteiger partial charge in [0.1, 0.15) is 11.5 Å². The second-order valence-corrected chi connectivity index (χ2v) is 11.1. The van der Waals surface area contributed by atoms with Crippen molar-refractivity contribution < 1.29 is 22.0 Å². The van der Waals surface area contributed by atoms with Crippen molar-refractivity contribution in [1.82, 2.24) is 9.88 Å². The Balaban J connectivity index is 1.29. The van der Waals surface area contributed by atoms with Crippen LogP contribution in [-0.4, -0.2) is 58.6 Å². The van der Waals surface area contributed by atoms with E-state index in [9.17, 15) is 17.6 Å². The number of halogens is 4. The number of anilines is 1. The van der Waals surface area contributed by atoms with Crippen molar-refractivity contribution in [3.8, 4) is 0 Å². The fraction of sp³-hybridized carbons (Fsp3) is 0.577. The molecule has 6 nitrogen and oxygen atoms in total. The van der Waals surface area contributed by atoms with Gasteiger partial charge in [-0.05, 0) is 57.4 Å². The average molecular weight is 540 g/mol. The summed E-state index contributed by atoms with van der Waals surface area (Å²) in [5, 5.41) is 9.77. The average Bonchev–Trinajstić information content (AvgIpc) is 3.53. The van der Waals surface area contributed by atoms with Crippen molar-refractivity contribution in [2.75, 3.05) is 36.8 Å². The van der Waals surface area contributed by atoms with E-state index in [2.05, 4.69) is 33.9 Å². The smallest absolute Gasteiger partial charge is 0.416 e. The Morgan fingerprint density at radius 3 is 2.68 bits per heavy atom. The SMILES string of the molecule is C/C(=N\N=C(\SCCCN1CC2CCN(c3ccc(C(F)(F)F)cc3F)C2C1)C(C)C)c1ocnc1C. The molecule has 0 spiro atoms. The number of hydrogen-bond donors (Lipinski definition) is 0. The Bertz CT molecular complexity index is 1150. The predicted octanol–water partition coefficient (Wildman–Crippen LogP) is 6.25. The molecule has 0 saturated carbocycles. The van der Waals surface area contributed by atoms with Crippen molar-refractivity contribution in [3.05, 3.63) is 47.4 Å². The van der Waals surface area contributed by atoms with E-state index in [4.69, 9.17) is 4.42 Å². The van der Waals surface area contributed by atoms with E-state index in [0.717, 1.165) is 55.0 Å². The topological polar surface area (TPSA) is 57.2 Å². The Hall–Kier alpha value is -2.40. The maximum absolute atomic E-state index is 14.6. The molecule has 2 aliphatic rings. The highest BCUT2D eigenvalue weighted by molar-refractivity contribution is 8.13. The summed E-state index contributed by atoms with van der Waals surface area (Å²) in [5.74, 6) is 1.38. The largest absolute Gasteiger partial charge is 0.442 e. The van der Waals surface area contributed by atoms with Crippen LogP contribution < -0.4 is 4.90 Å². The number of rotatable bonds is 8. The third-order valence-corrected chi connectivity index (χ3v) is 8.28. The Morgan fingerprint density at radius 2 is 2.03 bits per heavy atom. The molecule has 0 bridgehead atoms. The fourth-order valence-corrected chi connectivity index (χ4v) is 5.96. The molecule has 1 aromatic heterocycles. The van der Waals surface area contributed by atoms with Gasteiger partial charge in [-0.15, -0.1) is 16.9 Å². The number of likely N-dealkylation sites (tertiary alicyclic amines) is 1. The minimum atomic E-state index is -4.55. The summed E-state index contributed by atoms with van der Waals surface area (Å²) in [7, 11) is 0. The van der Waals surface area contributed by atoms with E-state index in [0.29, 0.717) is 30.0 Å². The first-order chi connectivity index (χ1) is 17.5. The third kappa shape index (κ3) is 6.54. The Morgan fingerprint density at radius 1 is 1.24 bits per heavy atom. The van der Waals surface area contributed by atoms with Crippen LogP contribution in [0.2, 0.25) is 0 Å². The molecule has 202 valence electrons. The van der Waals surface area contributed by atoms with E-state index in [1.807, 2.05) is 18.7 Å². The number of aryl methyl sites for hydroxylation is 1. The van der Waals surface area contributed by atoms with Crippen LogP contribution >= 0.6 is 11.8 Å². The summed E-state index contributed by atoms with van der Waals surface area (Å²) >= 11 is 1.70. The van der Waals surface area contributed by atoms with Crippen molar-refractivity contribution in [2.45, 2.75) is 52.8 Å². The molecule has 2 aromatic rings. The molecule has 0 aliphatic carbocycles. The zero-order valence-corrected chi connectivity index (χ0v) is 22.4. The zero-order valence-electron chi connectivity index (χ0n) is 21.6. The molecular formula is C26H33F4N5OS. The van der Waals surface area contributed by atoms with Gasteiger partial charge in [0, 0.05) is 37.3 Å². The van der Waals surface area contributed by atoms with Crippen LogP contribution in [0.1, 0.15) is 50.6 Å². The summed E-state index contributed by atoms with van der Waals surface area (Å²) in [5.41, 5.74) is 0.789. The highest BCUT2D eigenvalue weighted by atomic mass is 32.2. The molecule has 2 fully saturated rings.